The Morgan fingerprint density at radius 1 is 1.07 bits per heavy atom. The molecule has 0 N–H and O–H groups in total. The van der Waals surface area contributed by atoms with E-state index in [1.54, 1.807) is 26.4 Å². The minimum absolute atomic E-state index is 0.0210. The van der Waals surface area contributed by atoms with E-state index in [1.165, 1.54) is 12.1 Å². The maximum Gasteiger partial charge on any atom is 0.293 e. The predicted octanol–water partition coefficient (Wildman–Crippen LogP) is 4.70. The number of hydrogen-bond acceptors (Lipinski definition) is 8. The molecule has 1 heterocycles. The molecule has 3 aromatic rings. The first kappa shape index (κ1) is 28.4. The fourth-order valence-electron chi connectivity index (χ4n) is 5.15. The molecule has 0 bridgehead atoms. The van der Waals surface area contributed by atoms with E-state index in [9.17, 15) is 19.7 Å². The first-order valence-corrected chi connectivity index (χ1v) is 13.0. The van der Waals surface area contributed by atoms with Crippen molar-refractivity contribution in [3.8, 4) is 11.5 Å². The van der Waals surface area contributed by atoms with E-state index >= 15 is 0 Å². The molecule has 0 aliphatic carbocycles. The van der Waals surface area contributed by atoms with Crippen molar-refractivity contribution < 1.29 is 28.7 Å². The molecule has 3 aromatic carbocycles. The Balaban J connectivity index is 1.74. The lowest BCUT2D eigenvalue weighted by Crippen LogP contribution is -2.45. The van der Waals surface area contributed by atoms with Crippen LogP contribution in [0.3, 0.4) is 0 Å². The lowest BCUT2D eigenvalue weighted by Gasteiger charge is -2.43. The maximum atomic E-state index is 13.9. The van der Waals surface area contributed by atoms with Crippen LogP contribution in [0, 0.1) is 10.1 Å². The van der Waals surface area contributed by atoms with Gasteiger partial charge in [-0.15, -0.1) is 0 Å². The van der Waals surface area contributed by atoms with E-state index in [2.05, 4.69) is 4.90 Å². The van der Waals surface area contributed by atoms with Crippen molar-refractivity contribution in [1.82, 2.24) is 4.90 Å². The number of carbonyl (C=O) groups excluding carboxylic acids is 2. The molecule has 1 aliphatic rings. The number of ether oxygens (including phenoxy) is 3. The molecule has 0 spiro atoms. The third-order valence-corrected chi connectivity index (χ3v) is 7.18. The number of anilines is 1. The van der Waals surface area contributed by atoms with E-state index in [0.717, 1.165) is 16.8 Å². The maximum absolute atomic E-state index is 13.9. The van der Waals surface area contributed by atoms with Gasteiger partial charge in [0.25, 0.3) is 12.2 Å². The van der Waals surface area contributed by atoms with Gasteiger partial charge < -0.3 is 24.0 Å². The van der Waals surface area contributed by atoms with Gasteiger partial charge in [-0.1, -0.05) is 42.5 Å². The van der Waals surface area contributed by atoms with E-state index in [4.69, 9.17) is 14.2 Å². The Bertz CT molecular complexity index is 1330. The number of methoxy groups -OCH3 is 2. The van der Waals surface area contributed by atoms with Crippen LogP contribution in [0.15, 0.2) is 66.7 Å². The molecule has 4 rings (SSSR count). The van der Waals surface area contributed by atoms with Crippen molar-refractivity contribution in [2.75, 3.05) is 32.3 Å². The predicted molar refractivity (Wildman–Crippen MR) is 150 cm³/mol. The average Bonchev–Trinajstić information content (AvgIpc) is 2.98. The van der Waals surface area contributed by atoms with E-state index in [1.807, 2.05) is 54.3 Å². The van der Waals surface area contributed by atoms with Gasteiger partial charge in [-0.3, -0.25) is 19.7 Å². The van der Waals surface area contributed by atoms with Gasteiger partial charge in [0, 0.05) is 42.5 Å². The van der Waals surface area contributed by atoms with Gasteiger partial charge in [-0.25, -0.2) is 0 Å². The number of amides is 1. The first-order chi connectivity index (χ1) is 19.4. The monoisotopic (exact) mass is 547 g/mol. The molecule has 1 amide bonds. The zero-order valence-electron chi connectivity index (χ0n) is 22.8. The Hall–Kier alpha value is -4.60. The van der Waals surface area contributed by atoms with Gasteiger partial charge in [0.05, 0.1) is 37.6 Å². The van der Waals surface area contributed by atoms with Crippen molar-refractivity contribution in [2.45, 2.75) is 38.4 Å². The minimum atomic E-state index is -0.458. The van der Waals surface area contributed by atoms with Crippen LogP contribution in [-0.2, 0) is 27.3 Å². The van der Waals surface area contributed by atoms with Crippen LogP contribution in [0.4, 0.5) is 11.4 Å². The molecule has 2 unspecified atom stereocenters. The number of benzene rings is 3. The van der Waals surface area contributed by atoms with E-state index in [-0.39, 0.29) is 36.7 Å². The zero-order chi connectivity index (χ0) is 28.6. The van der Waals surface area contributed by atoms with Gasteiger partial charge >= 0.3 is 0 Å². The zero-order valence-corrected chi connectivity index (χ0v) is 22.8. The molecule has 0 radical (unpaired) electrons. The molecular formula is C30H33N3O7. The SMILES string of the molecule is COc1cc2c(cc1OC)N(C(C)COC=O)CCC2N(Cc1ccccc1)C(=O)Cc1ccc([N+](=O)[O-])cc1. The molecule has 0 saturated carbocycles. The minimum Gasteiger partial charge on any atom is -0.493 e. The number of nitro benzene ring substituents is 1. The van der Waals surface area contributed by atoms with Gasteiger partial charge in [0.15, 0.2) is 11.5 Å². The summed E-state index contributed by atoms with van der Waals surface area (Å²) in [6.45, 7) is 3.64. The second-order valence-electron chi connectivity index (χ2n) is 9.65. The highest BCUT2D eigenvalue weighted by Crippen LogP contribution is 2.45. The van der Waals surface area contributed by atoms with Crippen LogP contribution < -0.4 is 14.4 Å². The van der Waals surface area contributed by atoms with E-state index in [0.29, 0.717) is 43.0 Å². The summed E-state index contributed by atoms with van der Waals surface area (Å²) in [5.41, 5.74) is 3.43. The number of fused-ring (bicyclic) bond motifs is 1. The summed E-state index contributed by atoms with van der Waals surface area (Å²) < 4.78 is 16.3. The Kier molecular flexibility index (Phi) is 9.21. The van der Waals surface area contributed by atoms with Crippen LogP contribution in [0.5, 0.6) is 11.5 Å². The topological polar surface area (TPSA) is 111 Å². The first-order valence-electron chi connectivity index (χ1n) is 13.0. The number of rotatable bonds is 12. The van der Waals surface area contributed by atoms with Crippen LogP contribution >= 0.6 is 0 Å². The molecule has 40 heavy (non-hydrogen) atoms. The fourth-order valence-corrected chi connectivity index (χ4v) is 5.15. The van der Waals surface area contributed by atoms with E-state index < -0.39 is 4.92 Å². The van der Waals surface area contributed by atoms with Crippen molar-refractivity contribution in [1.29, 1.82) is 0 Å². The van der Waals surface area contributed by atoms with Crippen LogP contribution in [0.2, 0.25) is 0 Å². The molecule has 10 nitrogen and oxygen atoms in total. The summed E-state index contributed by atoms with van der Waals surface area (Å²) in [5.74, 6) is 1.00. The van der Waals surface area contributed by atoms with Gasteiger partial charge in [-0.2, -0.15) is 0 Å². The van der Waals surface area contributed by atoms with Crippen molar-refractivity contribution in [3.05, 3.63) is 93.5 Å². The quantitative estimate of drug-likeness (QED) is 0.182. The van der Waals surface area contributed by atoms with Crippen LogP contribution in [0.1, 0.15) is 36.1 Å². The van der Waals surface area contributed by atoms with Crippen molar-refractivity contribution in [2.24, 2.45) is 0 Å². The smallest absolute Gasteiger partial charge is 0.293 e. The van der Waals surface area contributed by atoms with Gasteiger partial charge in [0.1, 0.15) is 6.61 Å². The molecule has 0 saturated heterocycles. The number of nitrogens with zero attached hydrogens (tertiary/aromatic N) is 3. The Labute approximate surface area is 233 Å². The molecular weight excluding hydrogens is 514 g/mol. The van der Waals surface area contributed by atoms with Gasteiger partial charge in [0.2, 0.25) is 5.91 Å². The third kappa shape index (κ3) is 6.33. The lowest BCUT2D eigenvalue weighted by atomic mass is 9.92. The fraction of sp³-hybridized carbons (Fsp3) is 0.333. The third-order valence-electron chi connectivity index (χ3n) is 7.18. The summed E-state index contributed by atoms with van der Waals surface area (Å²) in [7, 11) is 3.14. The van der Waals surface area contributed by atoms with Crippen LogP contribution in [0.25, 0.3) is 0 Å². The number of carbonyl (C=O) groups is 2. The molecule has 0 fully saturated rings. The molecule has 10 heteroatoms. The largest absolute Gasteiger partial charge is 0.493 e. The highest BCUT2D eigenvalue weighted by atomic mass is 16.6. The number of non-ortho nitro benzene ring substituents is 1. The highest BCUT2D eigenvalue weighted by Gasteiger charge is 2.35. The van der Waals surface area contributed by atoms with Crippen molar-refractivity contribution in [3.63, 3.8) is 0 Å². The average molecular weight is 548 g/mol. The van der Waals surface area contributed by atoms with Crippen LogP contribution in [-0.4, -0.2) is 55.6 Å². The summed E-state index contributed by atoms with van der Waals surface area (Å²) in [4.78, 5) is 39.4. The summed E-state index contributed by atoms with van der Waals surface area (Å²) >= 11 is 0. The normalized spacial score (nSPS) is 15.0. The highest BCUT2D eigenvalue weighted by molar-refractivity contribution is 5.80. The van der Waals surface area contributed by atoms with Gasteiger partial charge in [-0.05, 0) is 30.5 Å². The Morgan fingerprint density at radius 2 is 1.75 bits per heavy atom. The molecule has 1 aliphatic heterocycles. The van der Waals surface area contributed by atoms with Crippen molar-refractivity contribution >= 4 is 23.8 Å². The lowest BCUT2D eigenvalue weighted by molar-refractivity contribution is -0.384. The molecule has 210 valence electrons. The molecule has 2 atom stereocenters. The molecule has 0 aromatic heterocycles. The summed E-state index contributed by atoms with van der Waals surface area (Å²) in [5, 5.41) is 11.1. The number of hydrogen-bond donors (Lipinski definition) is 0. The standard InChI is InChI=1S/C30H33N3O7/c1-21(19-40-20-34)31-14-13-26(25-16-28(38-2)29(39-3)17-27(25)31)32(18-23-7-5-4-6-8-23)30(35)15-22-9-11-24(12-10-22)33(36)37/h4-12,16-17,20-21,26H,13-15,18-19H2,1-3H3. The second-order valence-corrected chi connectivity index (χ2v) is 9.65. The second kappa shape index (κ2) is 13.0. The number of nitro groups is 1. The Morgan fingerprint density at radius 3 is 2.38 bits per heavy atom. The summed E-state index contributed by atoms with van der Waals surface area (Å²) in [6, 6.07) is 19.3. The summed E-state index contributed by atoms with van der Waals surface area (Å²) in [6.07, 6.45) is 0.726.